The topological polar surface area (TPSA) is 112 Å². The third kappa shape index (κ3) is 5.90. The summed E-state index contributed by atoms with van der Waals surface area (Å²) < 4.78 is 14.4. The minimum Gasteiger partial charge on any atom is -0.249 e. The summed E-state index contributed by atoms with van der Waals surface area (Å²) in [6, 6.07) is 40.3. The summed E-state index contributed by atoms with van der Waals surface area (Å²) in [7, 11) is -1.56. The second-order valence-electron chi connectivity index (χ2n) is 15.1. The van der Waals surface area contributed by atoms with Gasteiger partial charge >= 0.3 is 0 Å². The van der Waals surface area contributed by atoms with Gasteiger partial charge in [-0.3, -0.25) is 0 Å². The van der Waals surface area contributed by atoms with E-state index in [0.717, 1.165) is 37.6 Å². The molecular formula is C46H34N4OS2. The molecule has 1 unspecified atom stereocenters. The van der Waals surface area contributed by atoms with Crippen molar-refractivity contribution in [3.8, 4) is 46.5 Å². The Balaban J connectivity index is 1.61. The molecule has 0 amide bonds. The second-order valence-corrected chi connectivity index (χ2v) is 17.7. The quantitative estimate of drug-likeness (QED) is 0.167. The maximum Gasteiger partial charge on any atom is 0.138 e. The lowest BCUT2D eigenvalue weighted by atomic mass is 9.83. The first-order valence-corrected chi connectivity index (χ1v) is 19.1. The minimum atomic E-state index is -1.56. The first-order valence-electron chi connectivity index (χ1n) is 17.2. The van der Waals surface area contributed by atoms with Gasteiger partial charge < -0.3 is 0 Å². The van der Waals surface area contributed by atoms with Crippen LogP contribution in [0.4, 0.5) is 0 Å². The lowest BCUT2D eigenvalue weighted by Crippen LogP contribution is -2.16. The highest BCUT2D eigenvalue weighted by Gasteiger charge is 2.39. The normalized spacial score (nSPS) is 13.0. The second kappa shape index (κ2) is 13.2. The van der Waals surface area contributed by atoms with E-state index in [1.165, 1.54) is 0 Å². The number of rotatable bonds is 4. The van der Waals surface area contributed by atoms with Crippen LogP contribution in [0.2, 0.25) is 0 Å². The van der Waals surface area contributed by atoms with Crippen LogP contribution < -0.4 is 0 Å². The molecule has 2 aliphatic carbocycles. The third-order valence-electron chi connectivity index (χ3n) is 9.75. The zero-order valence-corrected chi connectivity index (χ0v) is 31.9. The van der Waals surface area contributed by atoms with Crippen molar-refractivity contribution in [1.29, 1.82) is 21.0 Å². The van der Waals surface area contributed by atoms with Crippen LogP contribution in [0.1, 0.15) is 74.9 Å². The maximum atomic E-state index is 14.4. The number of nitriles is 4. The van der Waals surface area contributed by atoms with Crippen LogP contribution in [0.5, 0.6) is 0 Å². The van der Waals surface area contributed by atoms with E-state index in [9.17, 15) is 25.3 Å². The Morgan fingerprint density at radius 3 is 1.66 bits per heavy atom. The Bertz CT molecular complexity index is 2610. The Hall–Kier alpha value is -5.96. The lowest BCUT2D eigenvalue weighted by molar-refractivity contribution is 0.575. The molecule has 0 radical (unpaired) electrons. The molecule has 5 aromatic carbocycles. The number of fused-ring (bicyclic) bond motifs is 7. The maximum absolute atomic E-state index is 14.4. The number of allylic oxidation sites excluding steroid dienone is 2. The van der Waals surface area contributed by atoms with Gasteiger partial charge in [0.2, 0.25) is 0 Å². The number of nitrogens with zero attached hydrogens (tertiary/aromatic N) is 4. The van der Waals surface area contributed by atoms with Gasteiger partial charge in [-0.25, -0.2) is 4.21 Å². The molecule has 0 saturated heterocycles. The van der Waals surface area contributed by atoms with Crippen LogP contribution in [0, 0.1) is 45.3 Å². The van der Waals surface area contributed by atoms with E-state index in [1.807, 2.05) is 72.8 Å². The van der Waals surface area contributed by atoms with Crippen molar-refractivity contribution >= 4 is 33.7 Å². The number of benzene rings is 5. The minimum absolute atomic E-state index is 0.0270. The molecule has 0 spiro atoms. The van der Waals surface area contributed by atoms with Crippen molar-refractivity contribution in [2.75, 3.05) is 0 Å². The fourth-order valence-corrected chi connectivity index (χ4v) is 10.0. The van der Waals surface area contributed by atoms with Gasteiger partial charge in [-0.2, -0.15) is 21.0 Å². The summed E-state index contributed by atoms with van der Waals surface area (Å²) in [6.45, 7) is 12.6. The van der Waals surface area contributed by atoms with Gasteiger partial charge in [0.15, 0.2) is 0 Å². The molecule has 5 aromatic rings. The molecule has 0 heterocycles. The average Bonchev–Trinajstić information content (AvgIpc) is 3.63. The molecule has 53 heavy (non-hydrogen) atoms. The summed E-state index contributed by atoms with van der Waals surface area (Å²) >= 11 is 1.67. The lowest BCUT2D eigenvalue weighted by Gasteiger charge is -2.24. The van der Waals surface area contributed by atoms with Gasteiger partial charge in [0.1, 0.15) is 35.4 Å². The molecule has 7 rings (SSSR count). The van der Waals surface area contributed by atoms with E-state index < -0.39 is 16.2 Å². The van der Waals surface area contributed by atoms with Crippen molar-refractivity contribution in [1.82, 2.24) is 0 Å². The first-order chi connectivity index (χ1) is 25.3. The zero-order valence-electron chi connectivity index (χ0n) is 30.3. The van der Waals surface area contributed by atoms with Crippen molar-refractivity contribution in [3.63, 3.8) is 0 Å². The van der Waals surface area contributed by atoms with Crippen LogP contribution in [-0.4, -0.2) is 4.21 Å². The summed E-state index contributed by atoms with van der Waals surface area (Å²) in [4.78, 5) is 3.44. The molecule has 1 atom stereocenters. The Morgan fingerprint density at radius 2 is 1.08 bits per heavy atom. The van der Waals surface area contributed by atoms with Gasteiger partial charge in [0.05, 0.1) is 10.8 Å². The SMILES string of the molecule is CC(C)(C)c1cc2c(cc1Sc1ccccc1)-c1ccc3c(c1C2=C(C#N)C#N)-c1cc(S(=O)c2ccccc2)c(C(C)(C)C)cc1C3=C(C#N)C#N. The molecular weight excluding hydrogens is 689 g/mol. The molecule has 0 N–H and O–H groups in total. The van der Waals surface area contributed by atoms with Crippen LogP contribution in [0.15, 0.2) is 128 Å². The van der Waals surface area contributed by atoms with E-state index >= 15 is 0 Å². The summed E-state index contributed by atoms with van der Waals surface area (Å²) in [6.07, 6.45) is 0. The Labute approximate surface area is 317 Å². The van der Waals surface area contributed by atoms with Gasteiger partial charge in [-0.05, 0) is 109 Å². The van der Waals surface area contributed by atoms with Gasteiger partial charge in [-0.15, -0.1) is 0 Å². The fraction of sp³-hybridized carbons (Fsp3) is 0.174. The highest BCUT2D eigenvalue weighted by molar-refractivity contribution is 7.99. The molecule has 5 nitrogen and oxygen atoms in total. The first kappa shape index (κ1) is 35.4. The fourth-order valence-electron chi connectivity index (χ4n) is 7.36. The van der Waals surface area contributed by atoms with E-state index in [1.54, 1.807) is 11.8 Å². The molecule has 0 saturated carbocycles. The standard InChI is InChI=1S/C46H34N4OS2/c1-45(2,3)37-19-34-33(21-39(37)52-29-13-9-7-10-14-29)31-17-18-32-41(27(23-47)24-48)35-20-38(46(4,5)6)40(53(51)30-15-11-8-12-16-30)22-36(35)43(32)44(31)42(34)28(25-49)26-50/h7-22H,1-6H3. The van der Waals surface area contributed by atoms with Crippen molar-refractivity contribution in [2.24, 2.45) is 0 Å². The monoisotopic (exact) mass is 722 g/mol. The third-order valence-corrected chi connectivity index (χ3v) is 12.3. The zero-order chi connectivity index (χ0) is 37.8. The Kier molecular flexibility index (Phi) is 8.84. The number of hydrogen-bond acceptors (Lipinski definition) is 6. The van der Waals surface area contributed by atoms with Gasteiger partial charge in [0.25, 0.3) is 0 Å². The predicted molar refractivity (Wildman–Crippen MR) is 211 cm³/mol. The van der Waals surface area contributed by atoms with E-state index in [-0.39, 0.29) is 16.6 Å². The average molecular weight is 723 g/mol. The largest absolute Gasteiger partial charge is 0.249 e. The molecule has 0 aromatic heterocycles. The van der Waals surface area contributed by atoms with Gasteiger partial charge in [-0.1, -0.05) is 102 Å². The van der Waals surface area contributed by atoms with Crippen molar-refractivity contribution in [2.45, 2.75) is 72.0 Å². The highest BCUT2D eigenvalue weighted by atomic mass is 32.2. The van der Waals surface area contributed by atoms with Crippen LogP contribution in [0.3, 0.4) is 0 Å². The molecule has 0 aliphatic heterocycles. The van der Waals surface area contributed by atoms with Crippen LogP contribution >= 0.6 is 11.8 Å². The van der Waals surface area contributed by atoms with Crippen LogP contribution in [0.25, 0.3) is 33.4 Å². The summed E-state index contributed by atoms with van der Waals surface area (Å²) in [5.41, 5.74) is 8.14. The molecule has 256 valence electrons. The smallest absolute Gasteiger partial charge is 0.138 e. The molecule has 7 heteroatoms. The van der Waals surface area contributed by atoms with Crippen molar-refractivity contribution < 1.29 is 4.21 Å². The summed E-state index contributed by atoms with van der Waals surface area (Å²) in [5.74, 6) is 0. The van der Waals surface area contributed by atoms with Crippen molar-refractivity contribution in [3.05, 3.63) is 142 Å². The molecule has 0 bridgehead atoms. The summed E-state index contributed by atoms with van der Waals surface area (Å²) in [5, 5.41) is 41.5. The molecule has 2 aliphatic rings. The number of hydrogen-bond donors (Lipinski definition) is 0. The van der Waals surface area contributed by atoms with E-state index in [2.05, 4.69) is 90.1 Å². The van der Waals surface area contributed by atoms with Gasteiger partial charge in [0, 0.05) is 36.3 Å². The molecule has 0 fully saturated rings. The van der Waals surface area contributed by atoms with E-state index in [0.29, 0.717) is 48.8 Å². The Morgan fingerprint density at radius 1 is 0.547 bits per heavy atom. The highest BCUT2D eigenvalue weighted by Crippen LogP contribution is 2.58. The van der Waals surface area contributed by atoms with Crippen LogP contribution in [-0.2, 0) is 21.6 Å². The predicted octanol–water partition coefficient (Wildman–Crippen LogP) is 11.3. The van der Waals surface area contributed by atoms with E-state index in [4.69, 9.17) is 0 Å².